The Morgan fingerprint density at radius 1 is 0.950 bits per heavy atom. The number of pyridine rings is 2. The largest absolute Gasteiger partial charge is 0.378 e. The maximum Gasteiger partial charge on any atom is 0.152 e. The van der Waals surface area contributed by atoms with Gasteiger partial charge in [-0.25, -0.2) is 4.98 Å². The van der Waals surface area contributed by atoms with Crippen molar-refractivity contribution in [1.82, 2.24) is 9.97 Å². The molecule has 20 heavy (non-hydrogen) atoms. The molecule has 2 aromatic heterocycles. The molecule has 0 spiro atoms. The number of benzene rings is 1. The first-order valence-corrected chi connectivity index (χ1v) is 6.88. The van der Waals surface area contributed by atoms with E-state index in [-0.39, 0.29) is 0 Å². The third kappa shape index (κ3) is 2.55. The van der Waals surface area contributed by atoms with E-state index in [1.807, 2.05) is 36.4 Å². The zero-order valence-corrected chi connectivity index (χ0v) is 12.0. The van der Waals surface area contributed by atoms with Crippen molar-refractivity contribution in [3.63, 3.8) is 0 Å². The first-order chi connectivity index (χ1) is 9.75. The minimum absolute atomic E-state index is 0.457. The van der Waals surface area contributed by atoms with Crippen molar-refractivity contribution < 1.29 is 0 Å². The van der Waals surface area contributed by atoms with Gasteiger partial charge in [-0.1, -0.05) is 29.3 Å². The maximum absolute atomic E-state index is 6.18. The van der Waals surface area contributed by atoms with Crippen LogP contribution in [0.2, 0.25) is 10.2 Å². The van der Waals surface area contributed by atoms with Crippen molar-refractivity contribution in [3.05, 3.63) is 64.5 Å². The summed E-state index contributed by atoms with van der Waals surface area (Å²) >= 11 is 12.2. The summed E-state index contributed by atoms with van der Waals surface area (Å²) in [6.45, 7) is 0.607. The standard InChI is InChI=1S/C15H11Cl2N3/c16-12-6-5-10(14-11(12)3-1-7-18-14)9-20-13-4-2-8-19-15(13)17/h1-8,20H,9H2. The van der Waals surface area contributed by atoms with Gasteiger partial charge >= 0.3 is 0 Å². The van der Waals surface area contributed by atoms with E-state index < -0.39 is 0 Å². The Morgan fingerprint density at radius 3 is 2.60 bits per heavy atom. The minimum Gasteiger partial charge on any atom is -0.378 e. The lowest BCUT2D eigenvalue weighted by atomic mass is 10.1. The average Bonchev–Trinajstić information content (AvgIpc) is 2.48. The van der Waals surface area contributed by atoms with Gasteiger partial charge in [-0.3, -0.25) is 4.98 Å². The van der Waals surface area contributed by atoms with Gasteiger partial charge in [0.1, 0.15) is 0 Å². The molecule has 0 fully saturated rings. The van der Waals surface area contributed by atoms with Gasteiger partial charge < -0.3 is 5.32 Å². The van der Waals surface area contributed by atoms with Crippen molar-refractivity contribution >= 4 is 39.8 Å². The zero-order valence-electron chi connectivity index (χ0n) is 10.5. The fourth-order valence-electron chi connectivity index (χ4n) is 2.05. The first kappa shape index (κ1) is 13.2. The van der Waals surface area contributed by atoms with Gasteiger partial charge in [0.05, 0.1) is 11.2 Å². The van der Waals surface area contributed by atoms with E-state index in [9.17, 15) is 0 Å². The van der Waals surface area contributed by atoms with Crippen LogP contribution in [0.1, 0.15) is 5.56 Å². The summed E-state index contributed by atoms with van der Waals surface area (Å²) in [5, 5.41) is 5.38. The number of hydrogen-bond acceptors (Lipinski definition) is 3. The number of nitrogens with zero attached hydrogens (tertiary/aromatic N) is 2. The normalized spacial score (nSPS) is 10.7. The second-order valence-electron chi connectivity index (χ2n) is 4.30. The van der Waals surface area contributed by atoms with Crippen molar-refractivity contribution in [2.45, 2.75) is 6.54 Å². The highest BCUT2D eigenvalue weighted by Gasteiger charge is 2.06. The summed E-state index contributed by atoms with van der Waals surface area (Å²) in [6.07, 6.45) is 3.42. The Labute approximate surface area is 126 Å². The van der Waals surface area contributed by atoms with E-state index in [1.54, 1.807) is 12.4 Å². The topological polar surface area (TPSA) is 37.8 Å². The van der Waals surface area contributed by atoms with Crippen LogP contribution in [0.15, 0.2) is 48.8 Å². The number of fused-ring (bicyclic) bond motifs is 1. The van der Waals surface area contributed by atoms with Crippen LogP contribution in [0.3, 0.4) is 0 Å². The maximum atomic E-state index is 6.18. The van der Waals surface area contributed by atoms with Crippen LogP contribution in [-0.2, 0) is 6.54 Å². The van der Waals surface area contributed by atoms with Crippen LogP contribution in [-0.4, -0.2) is 9.97 Å². The molecular formula is C15H11Cl2N3. The van der Waals surface area contributed by atoms with Crippen LogP contribution in [0.25, 0.3) is 10.9 Å². The van der Waals surface area contributed by atoms with Crippen LogP contribution in [0, 0.1) is 0 Å². The van der Waals surface area contributed by atoms with Crippen molar-refractivity contribution in [1.29, 1.82) is 0 Å². The number of rotatable bonds is 3. The Bertz CT molecular complexity index is 759. The Kier molecular flexibility index (Phi) is 3.72. The molecule has 5 heteroatoms. The Morgan fingerprint density at radius 2 is 1.75 bits per heavy atom. The van der Waals surface area contributed by atoms with Gasteiger partial charge in [0.25, 0.3) is 0 Å². The molecule has 3 aromatic rings. The second-order valence-corrected chi connectivity index (χ2v) is 5.07. The average molecular weight is 304 g/mol. The molecule has 0 amide bonds. The predicted molar refractivity (Wildman–Crippen MR) is 83.3 cm³/mol. The van der Waals surface area contributed by atoms with Gasteiger partial charge in [0, 0.05) is 29.3 Å². The molecule has 0 aliphatic heterocycles. The summed E-state index contributed by atoms with van der Waals surface area (Å²) < 4.78 is 0. The smallest absolute Gasteiger partial charge is 0.152 e. The molecule has 0 saturated carbocycles. The number of halogens is 2. The van der Waals surface area contributed by atoms with Crippen molar-refractivity contribution in [2.75, 3.05) is 5.32 Å². The molecular weight excluding hydrogens is 293 g/mol. The lowest BCUT2D eigenvalue weighted by Crippen LogP contribution is -2.02. The highest BCUT2D eigenvalue weighted by molar-refractivity contribution is 6.35. The fourth-order valence-corrected chi connectivity index (χ4v) is 2.45. The lowest BCUT2D eigenvalue weighted by Gasteiger charge is -2.10. The van der Waals surface area contributed by atoms with Gasteiger partial charge in [0.15, 0.2) is 5.15 Å². The number of aromatic nitrogens is 2. The molecule has 1 aromatic carbocycles. The SMILES string of the molecule is Clc1ncccc1NCc1ccc(Cl)c2cccnc12. The molecule has 0 bridgehead atoms. The lowest BCUT2D eigenvalue weighted by molar-refractivity contribution is 1.14. The summed E-state index contributed by atoms with van der Waals surface area (Å²) in [5.74, 6) is 0. The van der Waals surface area contributed by atoms with Gasteiger partial charge in [0.2, 0.25) is 0 Å². The molecule has 0 atom stereocenters. The quantitative estimate of drug-likeness (QED) is 0.721. The van der Waals surface area contributed by atoms with Gasteiger partial charge in [-0.05, 0) is 35.9 Å². The monoisotopic (exact) mass is 303 g/mol. The molecule has 3 rings (SSSR count). The number of hydrogen-bond donors (Lipinski definition) is 1. The third-order valence-corrected chi connectivity index (χ3v) is 3.66. The summed E-state index contributed by atoms with van der Waals surface area (Å²) in [5.41, 5.74) is 2.76. The van der Waals surface area contributed by atoms with Crippen LogP contribution in [0.4, 0.5) is 5.69 Å². The van der Waals surface area contributed by atoms with Crippen LogP contribution < -0.4 is 5.32 Å². The highest BCUT2D eigenvalue weighted by Crippen LogP contribution is 2.26. The van der Waals surface area contributed by atoms with E-state index in [0.29, 0.717) is 16.7 Å². The van der Waals surface area contributed by atoms with Gasteiger partial charge in [-0.15, -0.1) is 0 Å². The predicted octanol–water partition coefficient (Wildman–Crippen LogP) is 4.55. The number of nitrogens with one attached hydrogen (secondary N) is 1. The second kappa shape index (κ2) is 5.65. The van der Waals surface area contributed by atoms with E-state index in [0.717, 1.165) is 22.2 Å². The molecule has 0 unspecified atom stereocenters. The van der Waals surface area contributed by atoms with Gasteiger partial charge in [-0.2, -0.15) is 0 Å². The molecule has 0 aliphatic carbocycles. The summed E-state index contributed by atoms with van der Waals surface area (Å²) in [6, 6.07) is 11.4. The molecule has 0 aliphatic rings. The van der Waals surface area contributed by atoms with E-state index in [4.69, 9.17) is 23.2 Å². The molecule has 1 N–H and O–H groups in total. The van der Waals surface area contributed by atoms with E-state index >= 15 is 0 Å². The van der Waals surface area contributed by atoms with Crippen LogP contribution in [0.5, 0.6) is 0 Å². The number of anilines is 1. The Hall–Kier alpha value is -1.84. The molecule has 3 nitrogen and oxygen atoms in total. The fraction of sp³-hybridized carbons (Fsp3) is 0.0667. The first-order valence-electron chi connectivity index (χ1n) is 6.12. The Balaban J connectivity index is 1.92. The summed E-state index contributed by atoms with van der Waals surface area (Å²) in [4.78, 5) is 8.44. The van der Waals surface area contributed by atoms with Crippen molar-refractivity contribution in [2.24, 2.45) is 0 Å². The third-order valence-electron chi connectivity index (χ3n) is 3.03. The summed E-state index contributed by atoms with van der Waals surface area (Å²) in [7, 11) is 0. The molecule has 0 saturated heterocycles. The van der Waals surface area contributed by atoms with E-state index in [2.05, 4.69) is 15.3 Å². The zero-order chi connectivity index (χ0) is 13.9. The van der Waals surface area contributed by atoms with Crippen molar-refractivity contribution in [3.8, 4) is 0 Å². The molecule has 100 valence electrons. The highest BCUT2D eigenvalue weighted by atomic mass is 35.5. The minimum atomic E-state index is 0.457. The molecule has 2 heterocycles. The van der Waals surface area contributed by atoms with Crippen LogP contribution >= 0.6 is 23.2 Å². The van der Waals surface area contributed by atoms with E-state index in [1.165, 1.54) is 0 Å². The molecule has 0 radical (unpaired) electrons.